The average molecular weight is 416 g/mol. The predicted molar refractivity (Wildman–Crippen MR) is 104 cm³/mol. The molecule has 1 aliphatic heterocycles. The van der Waals surface area contributed by atoms with Crippen LogP contribution in [0, 0.1) is 28.6 Å². The van der Waals surface area contributed by atoms with E-state index in [1.54, 1.807) is 12.3 Å². The van der Waals surface area contributed by atoms with E-state index in [0.717, 1.165) is 5.56 Å². The number of esters is 1. The molecule has 8 heteroatoms. The van der Waals surface area contributed by atoms with Crippen molar-refractivity contribution in [3.05, 3.63) is 24.2 Å². The van der Waals surface area contributed by atoms with E-state index in [4.69, 9.17) is 14.9 Å². The van der Waals surface area contributed by atoms with Crippen LogP contribution in [0.5, 0.6) is 0 Å². The maximum absolute atomic E-state index is 13.7. The molecule has 3 aliphatic rings. The summed E-state index contributed by atoms with van der Waals surface area (Å²) in [5.41, 5.74) is 5.10. The smallest absolute Gasteiger partial charge is 0.310 e. The van der Waals surface area contributed by atoms with Gasteiger partial charge in [-0.1, -0.05) is 13.8 Å². The first kappa shape index (κ1) is 20.6. The van der Waals surface area contributed by atoms with Gasteiger partial charge in [-0.2, -0.15) is 0 Å². The van der Waals surface area contributed by atoms with Gasteiger partial charge in [-0.3, -0.25) is 19.2 Å². The van der Waals surface area contributed by atoms with Gasteiger partial charge in [0.1, 0.15) is 6.10 Å². The first-order valence-corrected chi connectivity index (χ1v) is 10.4. The number of carbonyl (C=O) groups excluding carboxylic acids is 4. The van der Waals surface area contributed by atoms with E-state index in [2.05, 4.69) is 5.32 Å². The highest BCUT2D eigenvalue weighted by atomic mass is 16.5. The summed E-state index contributed by atoms with van der Waals surface area (Å²) in [4.78, 5) is 50.8. The Labute approximate surface area is 174 Å². The SMILES string of the molecule is CC(=O)NC1CC(C(N)=O)C2(C)CCC3C(=O)OC(c4ccoc4)CC3(C)C2C1=O. The van der Waals surface area contributed by atoms with Crippen LogP contribution < -0.4 is 11.1 Å². The molecule has 1 aromatic heterocycles. The molecule has 0 bridgehead atoms. The molecule has 0 aromatic carbocycles. The molecule has 7 unspecified atom stereocenters. The monoisotopic (exact) mass is 416 g/mol. The van der Waals surface area contributed by atoms with Crippen molar-refractivity contribution >= 4 is 23.6 Å². The van der Waals surface area contributed by atoms with Crippen molar-refractivity contribution in [3.8, 4) is 0 Å². The number of Topliss-reactive ketones (excluding diaryl/α,β-unsaturated/α-hetero) is 1. The first-order valence-electron chi connectivity index (χ1n) is 10.4. The second-order valence-corrected chi connectivity index (χ2v) is 9.57. The standard InChI is InChI=1S/C22H28N2O6/c1-11(25)24-15-8-14(19(23)27)21(2)6-4-13-20(28)30-16(12-5-7-29-10-12)9-22(13,3)18(21)17(15)26/h5,7,10,13-16,18H,4,6,8-9H2,1-3H3,(H2,23,27)(H,24,25). The van der Waals surface area contributed by atoms with Crippen molar-refractivity contribution in [2.24, 2.45) is 34.3 Å². The van der Waals surface area contributed by atoms with E-state index in [1.807, 2.05) is 13.8 Å². The third-order valence-corrected chi connectivity index (χ3v) is 7.79. The molecule has 2 aliphatic carbocycles. The Morgan fingerprint density at radius 2 is 1.97 bits per heavy atom. The van der Waals surface area contributed by atoms with Crippen molar-refractivity contribution in [2.45, 2.75) is 58.6 Å². The Hall–Kier alpha value is -2.64. The van der Waals surface area contributed by atoms with Gasteiger partial charge in [0.15, 0.2) is 5.78 Å². The average Bonchev–Trinajstić information content (AvgIpc) is 3.17. The lowest BCUT2D eigenvalue weighted by Gasteiger charge is -2.61. The fourth-order valence-corrected chi connectivity index (χ4v) is 6.50. The Balaban J connectivity index is 1.79. The summed E-state index contributed by atoms with van der Waals surface area (Å²) >= 11 is 0. The largest absolute Gasteiger partial charge is 0.472 e. The number of cyclic esters (lactones) is 1. The van der Waals surface area contributed by atoms with Crippen LogP contribution in [0.4, 0.5) is 0 Å². The minimum atomic E-state index is -0.793. The lowest BCUT2D eigenvalue weighted by molar-refractivity contribution is -0.201. The molecule has 2 heterocycles. The number of nitrogens with one attached hydrogen (secondary N) is 1. The molecule has 0 radical (unpaired) electrons. The summed E-state index contributed by atoms with van der Waals surface area (Å²) in [6.07, 6.45) is 4.21. The predicted octanol–water partition coefficient (Wildman–Crippen LogP) is 1.89. The maximum Gasteiger partial charge on any atom is 0.310 e. The van der Waals surface area contributed by atoms with Crippen molar-refractivity contribution in [2.75, 3.05) is 0 Å². The van der Waals surface area contributed by atoms with E-state index in [1.165, 1.54) is 13.2 Å². The fourth-order valence-electron chi connectivity index (χ4n) is 6.50. The number of fused-ring (bicyclic) bond motifs is 3. The Morgan fingerprint density at radius 3 is 2.57 bits per heavy atom. The van der Waals surface area contributed by atoms with Crippen molar-refractivity contribution in [1.29, 1.82) is 0 Å². The zero-order valence-corrected chi connectivity index (χ0v) is 17.5. The van der Waals surface area contributed by atoms with Crippen molar-refractivity contribution in [3.63, 3.8) is 0 Å². The van der Waals surface area contributed by atoms with Crippen molar-refractivity contribution in [1.82, 2.24) is 5.32 Å². The minimum absolute atomic E-state index is 0.127. The molecule has 1 saturated heterocycles. The Kier molecular flexibility index (Phi) is 4.78. The van der Waals surface area contributed by atoms with Crippen molar-refractivity contribution < 1.29 is 28.3 Å². The number of hydrogen-bond donors (Lipinski definition) is 2. The minimum Gasteiger partial charge on any atom is -0.472 e. The number of nitrogens with two attached hydrogens (primary N) is 1. The highest BCUT2D eigenvalue weighted by Crippen LogP contribution is 2.64. The second-order valence-electron chi connectivity index (χ2n) is 9.57. The zero-order valence-electron chi connectivity index (χ0n) is 17.5. The molecule has 2 amide bonds. The second kappa shape index (κ2) is 6.96. The zero-order chi connectivity index (χ0) is 21.8. The topological polar surface area (TPSA) is 129 Å². The summed E-state index contributed by atoms with van der Waals surface area (Å²) in [5.74, 6) is -2.89. The van der Waals surface area contributed by atoms with Crippen LogP contribution in [0.3, 0.4) is 0 Å². The maximum atomic E-state index is 13.7. The van der Waals surface area contributed by atoms with E-state index >= 15 is 0 Å². The van der Waals surface area contributed by atoms with E-state index in [9.17, 15) is 19.2 Å². The number of ketones is 1. The van der Waals surface area contributed by atoms with Gasteiger partial charge in [0.25, 0.3) is 0 Å². The highest BCUT2D eigenvalue weighted by molar-refractivity contribution is 5.95. The first-order chi connectivity index (χ1) is 14.1. The number of hydrogen-bond acceptors (Lipinski definition) is 6. The van der Waals surface area contributed by atoms with Crippen LogP contribution in [-0.2, 0) is 23.9 Å². The molecular weight excluding hydrogens is 388 g/mol. The number of primary amides is 1. The molecule has 1 aromatic rings. The molecule has 162 valence electrons. The molecular formula is C22H28N2O6. The number of furan rings is 1. The third kappa shape index (κ3) is 2.96. The van der Waals surface area contributed by atoms with E-state index in [0.29, 0.717) is 19.3 Å². The van der Waals surface area contributed by atoms with E-state index in [-0.39, 0.29) is 24.1 Å². The van der Waals surface area contributed by atoms with Gasteiger partial charge < -0.3 is 20.2 Å². The van der Waals surface area contributed by atoms with Crippen LogP contribution in [0.25, 0.3) is 0 Å². The van der Waals surface area contributed by atoms with E-state index < -0.39 is 46.6 Å². The summed E-state index contributed by atoms with van der Waals surface area (Å²) in [5, 5.41) is 2.70. The molecule has 3 N–H and O–H groups in total. The van der Waals surface area contributed by atoms with Crippen LogP contribution in [0.1, 0.15) is 58.1 Å². The lowest BCUT2D eigenvalue weighted by Crippen LogP contribution is -2.66. The number of ether oxygens (including phenoxy) is 1. The third-order valence-electron chi connectivity index (χ3n) is 7.79. The quantitative estimate of drug-likeness (QED) is 0.724. The van der Waals surface area contributed by atoms with Gasteiger partial charge in [0.2, 0.25) is 11.8 Å². The fraction of sp³-hybridized carbons (Fsp3) is 0.636. The van der Waals surface area contributed by atoms with Crippen LogP contribution in [0.15, 0.2) is 23.0 Å². The Morgan fingerprint density at radius 1 is 1.23 bits per heavy atom. The molecule has 2 saturated carbocycles. The van der Waals surface area contributed by atoms with Gasteiger partial charge in [-0.05, 0) is 42.6 Å². The molecule has 4 rings (SSSR count). The summed E-state index contributed by atoms with van der Waals surface area (Å²) < 4.78 is 10.9. The van der Waals surface area contributed by atoms with Crippen LogP contribution in [0.2, 0.25) is 0 Å². The molecule has 0 spiro atoms. The Bertz CT molecular complexity index is 895. The normalized spacial score (nSPS) is 40.7. The van der Waals surface area contributed by atoms with Crippen LogP contribution in [-0.4, -0.2) is 29.6 Å². The van der Waals surface area contributed by atoms with Gasteiger partial charge in [0.05, 0.1) is 24.5 Å². The molecule has 30 heavy (non-hydrogen) atoms. The molecule has 3 fully saturated rings. The summed E-state index contributed by atoms with van der Waals surface area (Å²) in [6.45, 7) is 5.22. The lowest BCUT2D eigenvalue weighted by atomic mass is 9.42. The number of rotatable bonds is 3. The van der Waals surface area contributed by atoms with Crippen LogP contribution >= 0.6 is 0 Å². The van der Waals surface area contributed by atoms with Gasteiger partial charge in [-0.15, -0.1) is 0 Å². The number of amides is 2. The number of carbonyl (C=O) groups is 4. The highest BCUT2D eigenvalue weighted by Gasteiger charge is 2.66. The molecule has 7 atom stereocenters. The summed E-state index contributed by atoms with van der Waals surface area (Å²) in [7, 11) is 0. The van der Waals surface area contributed by atoms with Gasteiger partial charge in [-0.25, -0.2) is 0 Å². The molecule has 8 nitrogen and oxygen atoms in total. The van der Waals surface area contributed by atoms with Gasteiger partial charge >= 0.3 is 5.97 Å². The van der Waals surface area contributed by atoms with Gasteiger partial charge in [0, 0.05) is 24.3 Å². The summed E-state index contributed by atoms with van der Waals surface area (Å²) in [6, 6.07) is 0.956.